The molecule has 0 radical (unpaired) electrons. The first-order chi connectivity index (χ1) is 12.9. The number of para-hydroxylation sites is 2. The van der Waals surface area contributed by atoms with Crippen LogP contribution in [0.5, 0.6) is 11.5 Å². The van der Waals surface area contributed by atoms with E-state index in [4.69, 9.17) is 32.7 Å². The predicted octanol–water partition coefficient (Wildman–Crippen LogP) is 3.60. The first kappa shape index (κ1) is 19.3. The number of benzene rings is 2. The number of fused-ring (bicyclic) bond motifs is 1. The summed E-state index contributed by atoms with van der Waals surface area (Å²) >= 11 is 12.6. The number of hydrogen-bond acceptors (Lipinski definition) is 4. The molecule has 0 fully saturated rings. The number of nitrogens with one attached hydrogen (secondary N) is 1. The number of ether oxygens (including phenoxy) is 2. The highest BCUT2D eigenvalue weighted by Crippen LogP contribution is 2.44. The zero-order valence-electron chi connectivity index (χ0n) is 14.8. The molecule has 2 aromatic carbocycles. The lowest BCUT2D eigenvalue weighted by molar-refractivity contribution is -0.126. The maximum Gasteiger partial charge on any atom is 0.254 e. The Balaban J connectivity index is 1.83. The summed E-state index contributed by atoms with van der Waals surface area (Å²) in [5, 5.41) is 3.39. The molecule has 3 rings (SSSR count). The minimum Gasteiger partial charge on any atom is -0.493 e. The quantitative estimate of drug-likeness (QED) is 0.792. The summed E-state index contributed by atoms with van der Waals surface area (Å²) in [6, 6.07) is 9.61. The number of carbonyl (C=O) groups excluding carboxylic acids is 2. The Kier molecular flexibility index (Phi) is 5.77. The van der Waals surface area contributed by atoms with Gasteiger partial charge in [-0.05, 0) is 24.3 Å². The van der Waals surface area contributed by atoms with E-state index >= 15 is 0 Å². The largest absolute Gasteiger partial charge is 0.493 e. The van der Waals surface area contributed by atoms with Gasteiger partial charge in [0.25, 0.3) is 5.91 Å². The maximum atomic E-state index is 12.9. The van der Waals surface area contributed by atoms with E-state index in [0.717, 1.165) is 0 Å². The summed E-state index contributed by atoms with van der Waals surface area (Å²) < 4.78 is 11.0. The smallest absolute Gasteiger partial charge is 0.254 e. The molecule has 0 spiro atoms. The van der Waals surface area contributed by atoms with E-state index in [9.17, 15) is 9.59 Å². The van der Waals surface area contributed by atoms with E-state index in [1.54, 1.807) is 31.4 Å². The van der Waals surface area contributed by atoms with Crippen molar-refractivity contribution in [3.8, 4) is 11.5 Å². The average molecular weight is 409 g/mol. The van der Waals surface area contributed by atoms with Gasteiger partial charge in [0.1, 0.15) is 12.6 Å². The van der Waals surface area contributed by atoms with Crippen LogP contribution in [0.25, 0.3) is 0 Å². The third-order valence-corrected chi connectivity index (χ3v) is 4.81. The van der Waals surface area contributed by atoms with Crippen molar-refractivity contribution in [1.29, 1.82) is 0 Å². The van der Waals surface area contributed by atoms with Gasteiger partial charge in [-0.1, -0.05) is 35.3 Å². The number of carbonyl (C=O) groups is 2. The van der Waals surface area contributed by atoms with E-state index in [1.807, 2.05) is 12.1 Å². The summed E-state index contributed by atoms with van der Waals surface area (Å²) in [4.78, 5) is 25.9. The van der Waals surface area contributed by atoms with E-state index in [1.165, 1.54) is 11.8 Å². The number of amides is 2. The van der Waals surface area contributed by atoms with Crippen LogP contribution < -0.4 is 19.7 Å². The average Bonchev–Trinajstić information content (AvgIpc) is 2.92. The van der Waals surface area contributed by atoms with Crippen molar-refractivity contribution in [3.63, 3.8) is 0 Å². The molecule has 0 aromatic heterocycles. The number of rotatable bonds is 6. The predicted molar refractivity (Wildman–Crippen MR) is 104 cm³/mol. The van der Waals surface area contributed by atoms with Crippen LogP contribution in [0.15, 0.2) is 36.4 Å². The lowest BCUT2D eigenvalue weighted by Crippen LogP contribution is -2.38. The Morgan fingerprint density at radius 2 is 1.81 bits per heavy atom. The van der Waals surface area contributed by atoms with Crippen LogP contribution in [0.4, 0.5) is 5.69 Å². The van der Waals surface area contributed by atoms with Crippen LogP contribution in [-0.4, -0.2) is 32.1 Å². The van der Waals surface area contributed by atoms with E-state index in [-0.39, 0.29) is 25.0 Å². The first-order valence-corrected chi connectivity index (χ1v) is 9.01. The van der Waals surface area contributed by atoms with Crippen LogP contribution in [0.3, 0.4) is 0 Å². The molecule has 0 aliphatic carbocycles. The van der Waals surface area contributed by atoms with E-state index < -0.39 is 6.04 Å². The SMILES string of the molecule is COc1ccccc1OCCN1C(=O)C(NC(C)=O)c2c(Cl)ccc(Cl)c21. The molecule has 142 valence electrons. The van der Waals surface area contributed by atoms with Crippen LogP contribution >= 0.6 is 23.2 Å². The molecule has 0 saturated carbocycles. The van der Waals surface area contributed by atoms with Gasteiger partial charge in [0.15, 0.2) is 11.5 Å². The molecule has 0 bridgehead atoms. The van der Waals surface area contributed by atoms with E-state index in [2.05, 4.69) is 5.32 Å². The second-order valence-corrected chi connectivity index (χ2v) is 6.73. The number of methoxy groups -OCH3 is 1. The number of nitrogens with zero attached hydrogens (tertiary/aromatic N) is 1. The molecule has 1 atom stereocenters. The van der Waals surface area contributed by atoms with Crippen LogP contribution in [0.1, 0.15) is 18.5 Å². The molecule has 1 N–H and O–H groups in total. The fourth-order valence-electron chi connectivity index (χ4n) is 3.04. The van der Waals surface area contributed by atoms with Crippen molar-refractivity contribution in [1.82, 2.24) is 5.32 Å². The Labute approximate surface area is 167 Å². The highest BCUT2D eigenvalue weighted by Gasteiger charge is 2.40. The molecular formula is C19H18Cl2N2O4. The fourth-order valence-corrected chi connectivity index (χ4v) is 3.57. The molecular weight excluding hydrogens is 391 g/mol. The third kappa shape index (κ3) is 3.82. The van der Waals surface area contributed by atoms with Gasteiger partial charge in [0.2, 0.25) is 5.91 Å². The molecule has 1 unspecified atom stereocenters. The van der Waals surface area contributed by atoms with Crippen molar-refractivity contribution < 1.29 is 19.1 Å². The normalized spacial score (nSPS) is 15.5. The lowest BCUT2D eigenvalue weighted by Gasteiger charge is -2.19. The number of anilines is 1. The number of hydrogen-bond donors (Lipinski definition) is 1. The standard InChI is InChI=1S/C19H18Cl2N2O4/c1-11(24)22-17-16-12(20)7-8-13(21)18(16)23(19(17)25)9-10-27-15-6-4-3-5-14(15)26-2/h3-8,17H,9-10H2,1-2H3,(H,22,24). The molecule has 6 nitrogen and oxygen atoms in total. The summed E-state index contributed by atoms with van der Waals surface area (Å²) in [6.45, 7) is 1.79. The maximum absolute atomic E-state index is 12.9. The highest BCUT2D eigenvalue weighted by molar-refractivity contribution is 6.38. The molecule has 1 aliphatic rings. The Hall–Kier alpha value is -2.44. The molecule has 2 aromatic rings. The summed E-state index contributed by atoms with van der Waals surface area (Å²) in [5.41, 5.74) is 0.998. The van der Waals surface area contributed by atoms with Crippen LogP contribution in [0, 0.1) is 0 Å². The summed E-state index contributed by atoms with van der Waals surface area (Å²) in [7, 11) is 1.56. The van der Waals surface area contributed by atoms with Gasteiger partial charge in [-0.3, -0.25) is 9.59 Å². The molecule has 2 amide bonds. The lowest BCUT2D eigenvalue weighted by atomic mass is 10.1. The minimum absolute atomic E-state index is 0.210. The van der Waals surface area contributed by atoms with Gasteiger partial charge in [0.05, 0.1) is 24.4 Å². The van der Waals surface area contributed by atoms with Gasteiger partial charge >= 0.3 is 0 Å². The van der Waals surface area contributed by atoms with Gasteiger partial charge in [-0.2, -0.15) is 0 Å². The van der Waals surface area contributed by atoms with Crippen LogP contribution in [0.2, 0.25) is 10.0 Å². The van der Waals surface area contributed by atoms with Gasteiger partial charge in [-0.15, -0.1) is 0 Å². The van der Waals surface area contributed by atoms with Gasteiger partial charge < -0.3 is 19.7 Å². The van der Waals surface area contributed by atoms with Crippen LogP contribution in [-0.2, 0) is 9.59 Å². The molecule has 27 heavy (non-hydrogen) atoms. The molecule has 8 heteroatoms. The Morgan fingerprint density at radius 3 is 2.48 bits per heavy atom. The van der Waals surface area contributed by atoms with Crippen molar-refractivity contribution >= 4 is 40.7 Å². The van der Waals surface area contributed by atoms with Crippen molar-refractivity contribution in [2.24, 2.45) is 0 Å². The first-order valence-electron chi connectivity index (χ1n) is 8.26. The fraction of sp³-hybridized carbons (Fsp3) is 0.263. The monoisotopic (exact) mass is 408 g/mol. The Bertz CT molecular complexity index is 888. The van der Waals surface area contributed by atoms with E-state index in [0.29, 0.717) is 32.8 Å². The topological polar surface area (TPSA) is 67.9 Å². The zero-order chi connectivity index (χ0) is 19.6. The van der Waals surface area contributed by atoms with Gasteiger partial charge in [-0.25, -0.2) is 0 Å². The zero-order valence-corrected chi connectivity index (χ0v) is 16.3. The van der Waals surface area contributed by atoms with Gasteiger partial charge in [0, 0.05) is 17.5 Å². The van der Waals surface area contributed by atoms with Crippen molar-refractivity contribution in [3.05, 3.63) is 52.0 Å². The van der Waals surface area contributed by atoms with Crippen molar-refractivity contribution in [2.45, 2.75) is 13.0 Å². The molecule has 1 heterocycles. The summed E-state index contributed by atoms with van der Waals surface area (Å²) in [5.74, 6) is 0.534. The number of halogens is 2. The Morgan fingerprint density at radius 1 is 1.15 bits per heavy atom. The second kappa shape index (κ2) is 8.06. The summed E-state index contributed by atoms with van der Waals surface area (Å²) in [6.07, 6.45) is 0. The second-order valence-electron chi connectivity index (χ2n) is 5.91. The molecule has 1 aliphatic heterocycles. The minimum atomic E-state index is -0.866. The third-order valence-electron chi connectivity index (χ3n) is 4.18. The highest BCUT2D eigenvalue weighted by atomic mass is 35.5. The molecule has 0 saturated heterocycles. The van der Waals surface area contributed by atoms with Crippen molar-refractivity contribution in [2.75, 3.05) is 25.2 Å².